The molecule has 2 aromatic carbocycles. The molecule has 0 bridgehead atoms. The molecule has 1 aliphatic rings. The van der Waals surface area contributed by atoms with Crippen LogP contribution in [0, 0.1) is 0 Å². The monoisotopic (exact) mass is 445 g/mol. The Balaban J connectivity index is 1.37. The maximum atomic E-state index is 12.4. The molecule has 1 aromatic heterocycles. The van der Waals surface area contributed by atoms with Crippen LogP contribution >= 0.6 is 0 Å². The number of hydrogen-bond donors (Lipinski definition) is 2. The Morgan fingerprint density at radius 1 is 1.00 bits per heavy atom. The van der Waals surface area contributed by atoms with Crippen molar-refractivity contribution in [3.8, 4) is 11.5 Å². The van der Waals surface area contributed by atoms with Crippen molar-refractivity contribution in [3.63, 3.8) is 0 Å². The number of methoxy groups -OCH3 is 1. The maximum absolute atomic E-state index is 12.4. The van der Waals surface area contributed by atoms with E-state index in [0.29, 0.717) is 6.54 Å². The number of pyridine rings is 1. The maximum Gasteiger partial charge on any atom is 0.319 e. The van der Waals surface area contributed by atoms with Crippen LogP contribution < -0.4 is 20.1 Å². The third-order valence-corrected chi connectivity index (χ3v) is 5.96. The molecule has 1 heterocycles. The fourth-order valence-electron chi connectivity index (χ4n) is 4.13. The number of hydrogen-bond acceptors (Lipinski definition) is 4. The highest BCUT2D eigenvalue weighted by Crippen LogP contribution is 2.33. The van der Waals surface area contributed by atoms with Gasteiger partial charge in [-0.3, -0.25) is 4.98 Å². The third kappa shape index (κ3) is 6.48. The quantitative estimate of drug-likeness (QED) is 0.455. The number of amides is 2. The molecule has 33 heavy (non-hydrogen) atoms. The molecule has 6 heteroatoms. The molecule has 0 radical (unpaired) electrons. The predicted octanol–water partition coefficient (Wildman–Crippen LogP) is 5.52. The van der Waals surface area contributed by atoms with Gasteiger partial charge in [-0.05, 0) is 73.4 Å². The van der Waals surface area contributed by atoms with Gasteiger partial charge in [-0.2, -0.15) is 0 Å². The Labute approximate surface area is 195 Å². The first-order valence-corrected chi connectivity index (χ1v) is 11.6. The minimum atomic E-state index is -0.246. The number of nitrogens with zero attached hydrogens (tertiary/aromatic N) is 1. The van der Waals surface area contributed by atoms with Crippen LogP contribution in [0.1, 0.15) is 42.4 Å². The standard InChI is InChI=1S/C27H31N3O3/c1-32-25-14-12-20(17-26(25)33-23-9-5-6-10-23)11-13-22-15-16-28-19-24(22)30-27(31)29-18-21-7-3-2-4-8-21/h2-4,7-8,12,14-17,19,23H,5-6,9-11,13,18H2,1H3,(H2,29,30,31). The number of anilines is 1. The number of benzene rings is 2. The van der Waals surface area contributed by atoms with E-state index in [9.17, 15) is 4.79 Å². The van der Waals surface area contributed by atoms with E-state index in [1.165, 1.54) is 18.4 Å². The number of aromatic nitrogens is 1. The summed E-state index contributed by atoms with van der Waals surface area (Å²) in [5, 5.41) is 5.83. The summed E-state index contributed by atoms with van der Waals surface area (Å²) < 4.78 is 11.7. The number of carbonyl (C=O) groups is 1. The van der Waals surface area contributed by atoms with Crippen LogP contribution in [0.2, 0.25) is 0 Å². The van der Waals surface area contributed by atoms with Crippen molar-refractivity contribution in [1.82, 2.24) is 10.3 Å². The normalized spacial score (nSPS) is 13.5. The molecular weight excluding hydrogens is 414 g/mol. The lowest BCUT2D eigenvalue weighted by Crippen LogP contribution is -2.28. The zero-order valence-electron chi connectivity index (χ0n) is 19.0. The van der Waals surface area contributed by atoms with Gasteiger partial charge in [0.15, 0.2) is 11.5 Å². The van der Waals surface area contributed by atoms with Gasteiger partial charge in [-0.25, -0.2) is 4.79 Å². The van der Waals surface area contributed by atoms with Gasteiger partial charge in [-0.1, -0.05) is 36.4 Å². The Bertz CT molecular complexity index is 1050. The van der Waals surface area contributed by atoms with Crippen LogP contribution in [0.3, 0.4) is 0 Å². The minimum Gasteiger partial charge on any atom is -0.493 e. The van der Waals surface area contributed by atoms with E-state index in [-0.39, 0.29) is 12.1 Å². The second-order valence-electron chi connectivity index (χ2n) is 8.34. The van der Waals surface area contributed by atoms with E-state index < -0.39 is 0 Å². The molecule has 0 saturated heterocycles. The van der Waals surface area contributed by atoms with Crippen LogP contribution in [0.15, 0.2) is 67.0 Å². The van der Waals surface area contributed by atoms with Gasteiger partial charge >= 0.3 is 6.03 Å². The zero-order valence-corrected chi connectivity index (χ0v) is 19.0. The first-order valence-electron chi connectivity index (χ1n) is 11.6. The summed E-state index contributed by atoms with van der Waals surface area (Å²) in [5.41, 5.74) is 3.97. The summed E-state index contributed by atoms with van der Waals surface area (Å²) >= 11 is 0. The molecule has 1 aliphatic carbocycles. The largest absolute Gasteiger partial charge is 0.493 e. The van der Waals surface area contributed by atoms with Crippen molar-refractivity contribution in [2.24, 2.45) is 0 Å². The number of nitrogens with one attached hydrogen (secondary N) is 2. The molecule has 2 N–H and O–H groups in total. The van der Waals surface area contributed by atoms with Gasteiger partial charge in [0.05, 0.1) is 25.1 Å². The topological polar surface area (TPSA) is 72.5 Å². The van der Waals surface area contributed by atoms with E-state index in [2.05, 4.69) is 27.8 Å². The fraction of sp³-hybridized carbons (Fsp3) is 0.333. The van der Waals surface area contributed by atoms with Crippen molar-refractivity contribution in [1.29, 1.82) is 0 Å². The fourth-order valence-corrected chi connectivity index (χ4v) is 4.13. The van der Waals surface area contributed by atoms with Crippen LogP contribution in [-0.4, -0.2) is 24.2 Å². The first kappa shape index (κ1) is 22.6. The van der Waals surface area contributed by atoms with Crippen LogP contribution in [-0.2, 0) is 19.4 Å². The molecule has 0 aliphatic heterocycles. The van der Waals surface area contributed by atoms with E-state index in [4.69, 9.17) is 9.47 Å². The van der Waals surface area contributed by atoms with E-state index in [0.717, 1.165) is 54.0 Å². The van der Waals surface area contributed by atoms with Crippen molar-refractivity contribution in [2.75, 3.05) is 12.4 Å². The molecule has 4 rings (SSSR count). The number of aryl methyl sites for hydroxylation is 2. The Kier molecular flexibility index (Phi) is 7.80. The summed E-state index contributed by atoms with van der Waals surface area (Å²) in [6.07, 6.45) is 9.97. The Hall–Kier alpha value is -3.54. The first-order chi connectivity index (χ1) is 16.2. The van der Waals surface area contributed by atoms with Crippen LogP contribution in [0.4, 0.5) is 10.5 Å². The second kappa shape index (κ2) is 11.4. The van der Waals surface area contributed by atoms with Gasteiger partial charge < -0.3 is 20.1 Å². The van der Waals surface area contributed by atoms with Crippen LogP contribution in [0.5, 0.6) is 11.5 Å². The summed E-state index contributed by atoms with van der Waals surface area (Å²) in [7, 11) is 1.67. The van der Waals surface area contributed by atoms with E-state index in [1.807, 2.05) is 42.5 Å². The number of rotatable bonds is 9. The Morgan fingerprint density at radius 2 is 1.82 bits per heavy atom. The predicted molar refractivity (Wildman–Crippen MR) is 130 cm³/mol. The average molecular weight is 446 g/mol. The molecule has 3 aromatic rings. The second-order valence-corrected chi connectivity index (χ2v) is 8.34. The minimum absolute atomic E-state index is 0.246. The zero-order chi connectivity index (χ0) is 22.9. The molecule has 172 valence electrons. The molecule has 0 spiro atoms. The van der Waals surface area contributed by atoms with Gasteiger partial charge in [0.25, 0.3) is 0 Å². The highest BCUT2D eigenvalue weighted by molar-refractivity contribution is 5.89. The average Bonchev–Trinajstić information content (AvgIpc) is 3.36. The van der Waals surface area contributed by atoms with Gasteiger partial charge in [-0.15, -0.1) is 0 Å². The van der Waals surface area contributed by atoms with Crippen LogP contribution in [0.25, 0.3) is 0 Å². The summed E-state index contributed by atoms with van der Waals surface area (Å²) in [4.78, 5) is 16.6. The molecule has 0 unspecified atom stereocenters. The lowest BCUT2D eigenvalue weighted by Gasteiger charge is -2.17. The molecule has 1 fully saturated rings. The Morgan fingerprint density at radius 3 is 2.61 bits per heavy atom. The van der Waals surface area contributed by atoms with Crippen molar-refractivity contribution in [2.45, 2.75) is 51.2 Å². The smallest absolute Gasteiger partial charge is 0.319 e. The van der Waals surface area contributed by atoms with Crippen molar-refractivity contribution < 1.29 is 14.3 Å². The summed E-state index contributed by atoms with van der Waals surface area (Å²) in [5.74, 6) is 1.59. The van der Waals surface area contributed by atoms with Gasteiger partial charge in [0.2, 0.25) is 0 Å². The summed E-state index contributed by atoms with van der Waals surface area (Å²) in [6, 6.07) is 17.7. The van der Waals surface area contributed by atoms with Crippen molar-refractivity contribution in [3.05, 3.63) is 83.7 Å². The van der Waals surface area contributed by atoms with Crippen molar-refractivity contribution >= 4 is 11.7 Å². The third-order valence-electron chi connectivity index (χ3n) is 5.96. The highest BCUT2D eigenvalue weighted by Gasteiger charge is 2.18. The number of ether oxygens (including phenoxy) is 2. The molecule has 0 atom stereocenters. The summed E-state index contributed by atoms with van der Waals surface area (Å²) in [6.45, 7) is 0.470. The number of carbonyl (C=O) groups excluding carboxylic acids is 1. The molecular formula is C27H31N3O3. The molecule has 2 amide bonds. The van der Waals surface area contributed by atoms with E-state index in [1.54, 1.807) is 19.5 Å². The van der Waals surface area contributed by atoms with Gasteiger partial charge in [0.1, 0.15) is 0 Å². The highest BCUT2D eigenvalue weighted by atomic mass is 16.5. The lowest BCUT2D eigenvalue weighted by molar-refractivity contribution is 0.200. The SMILES string of the molecule is COc1ccc(CCc2ccncc2NC(=O)NCc2ccccc2)cc1OC1CCCC1. The van der Waals surface area contributed by atoms with Gasteiger partial charge in [0, 0.05) is 12.7 Å². The van der Waals surface area contributed by atoms with E-state index >= 15 is 0 Å². The number of urea groups is 1. The molecule has 6 nitrogen and oxygen atoms in total. The lowest BCUT2D eigenvalue weighted by atomic mass is 10.0. The molecule has 1 saturated carbocycles.